The van der Waals surface area contributed by atoms with Crippen LogP contribution in [0.25, 0.3) is 0 Å². The molecule has 0 fully saturated rings. The van der Waals surface area contributed by atoms with Gasteiger partial charge in [-0.25, -0.2) is 8.78 Å². The lowest BCUT2D eigenvalue weighted by atomic mass is 10.2. The molecule has 0 heterocycles. The number of aliphatic hydroxyl groups excluding tert-OH is 1. The normalized spacial score (nSPS) is 12.9. The molecule has 0 aliphatic carbocycles. The fraction of sp³-hybridized carbons (Fsp3) is 0.333. The Morgan fingerprint density at radius 3 is 2.73 bits per heavy atom. The van der Waals surface area contributed by atoms with Crippen molar-refractivity contribution in [2.75, 3.05) is 17.6 Å². The van der Waals surface area contributed by atoms with E-state index in [1.807, 2.05) is 0 Å². The van der Waals surface area contributed by atoms with Crippen LogP contribution in [0.3, 0.4) is 0 Å². The summed E-state index contributed by atoms with van der Waals surface area (Å²) in [6, 6.07) is 4.65. The first-order chi connectivity index (χ1) is 7.00. The molecule has 0 aromatic heterocycles. The Morgan fingerprint density at radius 2 is 2.13 bits per heavy atom. The van der Waals surface area contributed by atoms with Crippen LogP contribution in [0.4, 0.5) is 20.2 Å². The number of alkyl halides is 2. The van der Waals surface area contributed by atoms with Gasteiger partial charge >= 0.3 is 0 Å². The Hall–Kier alpha value is -1.07. The van der Waals surface area contributed by atoms with Crippen molar-refractivity contribution in [3.63, 3.8) is 0 Å². The Kier molecular flexibility index (Phi) is 4.11. The summed E-state index contributed by atoms with van der Waals surface area (Å²) in [6.07, 6.45) is -4.50. The zero-order valence-electron chi connectivity index (χ0n) is 7.75. The fourth-order valence-electron chi connectivity index (χ4n) is 0.985. The third-order valence-corrected chi connectivity index (χ3v) is 2.04. The number of benzene rings is 1. The predicted molar refractivity (Wildman–Crippen MR) is 56.4 cm³/mol. The average Bonchev–Trinajstić information content (AvgIpc) is 2.18. The molecule has 0 aliphatic heterocycles. The summed E-state index contributed by atoms with van der Waals surface area (Å²) in [4.78, 5) is 0. The molecule has 0 spiro atoms. The van der Waals surface area contributed by atoms with E-state index in [-0.39, 0.29) is 6.54 Å². The quantitative estimate of drug-likeness (QED) is 0.701. The van der Waals surface area contributed by atoms with E-state index in [1.165, 1.54) is 6.07 Å². The number of hydrogen-bond acceptors (Lipinski definition) is 3. The maximum atomic E-state index is 12.0. The molecule has 0 saturated heterocycles. The third-order valence-electron chi connectivity index (χ3n) is 1.81. The Balaban J connectivity index is 2.61. The lowest BCUT2D eigenvalue weighted by Gasteiger charge is -2.13. The van der Waals surface area contributed by atoms with E-state index < -0.39 is 12.5 Å². The number of aliphatic hydroxyl groups is 1. The van der Waals surface area contributed by atoms with Crippen LogP contribution < -0.4 is 11.1 Å². The van der Waals surface area contributed by atoms with Gasteiger partial charge in [0.2, 0.25) is 0 Å². The van der Waals surface area contributed by atoms with Crippen molar-refractivity contribution in [1.82, 2.24) is 0 Å². The number of hydrogen-bond donors (Lipinski definition) is 3. The van der Waals surface area contributed by atoms with Gasteiger partial charge < -0.3 is 16.2 Å². The molecule has 1 atom stereocenters. The second-order valence-electron chi connectivity index (χ2n) is 3.01. The van der Waals surface area contributed by atoms with Crippen molar-refractivity contribution in [2.24, 2.45) is 0 Å². The summed E-state index contributed by atoms with van der Waals surface area (Å²) >= 11 is 5.69. The molecular formula is C9H11ClF2N2O. The van der Waals surface area contributed by atoms with Gasteiger partial charge in [0.15, 0.2) is 0 Å². The van der Waals surface area contributed by atoms with Gasteiger partial charge in [-0.3, -0.25) is 0 Å². The minimum Gasteiger partial charge on any atom is -0.397 e. The van der Waals surface area contributed by atoms with E-state index in [0.29, 0.717) is 16.4 Å². The highest BCUT2D eigenvalue weighted by Crippen LogP contribution is 2.22. The maximum absolute atomic E-state index is 12.0. The molecule has 1 aromatic carbocycles. The van der Waals surface area contributed by atoms with Crippen LogP contribution >= 0.6 is 11.6 Å². The Morgan fingerprint density at radius 1 is 1.47 bits per heavy atom. The molecule has 0 aliphatic rings. The molecule has 0 amide bonds. The lowest BCUT2D eigenvalue weighted by Crippen LogP contribution is -2.27. The molecule has 15 heavy (non-hydrogen) atoms. The molecule has 3 nitrogen and oxygen atoms in total. The van der Waals surface area contributed by atoms with Crippen LogP contribution in [0.5, 0.6) is 0 Å². The fourth-order valence-corrected chi connectivity index (χ4v) is 1.16. The van der Waals surface area contributed by atoms with E-state index in [9.17, 15) is 8.78 Å². The highest BCUT2D eigenvalue weighted by molar-refractivity contribution is 6.31. The summed E-state index contributed by atoms with van der Waals surface area (Å²) in [5.41, 5.74) is 6.38. The number of nitrogens with two attached hydrogens (primary N) is 1. The van der Waals surface area contributed by atoms with Crippen LogP contribution in [0, 0.1) is 0 Å². The average molecular weight is 237 g/mol. The van der Waals surface area contributed by atoms with Crippen LogP contribution in [-0.2, 0) is 0 Å². The molecule has 1 aromatic rings. The predicted octanol–water partition coefficient (Wildman–Crippen LogP) is 1.96. The molecule has 1 unspecified atom stereocenters. The zero-order chi connectivity index (χ0) is 11.4. The van der Waals surface area contributed by atoms with Crippen LogP contribution in [0.15, 0.2) is 18.2 Å². The van der Waals surface area contributed by atoms with Gasteiger partial charge in [-0.15, -0.1) is 0 Å². The van der Waals surface area contributed by atoms with Gasteiger partial charge in [0.25, 0.3) is 6.43 Å². The van der Waals surface area contributed by atoms with Gasteiger partial charge in [0.05, 0.1) is 11.4 Å². The monoisotopic (exact) mass is 236 g/mol. The second kappa shape index (κ2) is 5.14. The second-order valence-corrected chi connectivity index (χ2v) is 3.45. The summed E-state index contributed by atoms with van der Waals surface area (Å²) in [5, 5.41) is 11.9. The minimum atomic E-state index is -2.78. The van der Waals surface area contributed by atoms with Crippen LogP contribution in [-0.4, -0.2) is 24.2 Å². The highest BCUT2D eigenvalue weighted by Gasteiger charge is 2.16. The van der Waals surface area contributed by atoms with Crippen molar-refractivity contribution < 1.29 is 13.9 Å². The van der Waals surface area contributed by atoms with E-state index in [2.05, 4.69) is 5.32 Å². The third kappa shape index (κ3) is 3.53. The first kappa shape index (κ1) is 12.0. The summed E-state index contributed by atoms with van der Waals surface area (Å²) in [6.45, 7) is -0.276. The molecule has 84 valence electrons. The van der Waals surface area contributed by atoms with Gasteiger partial charge in [0.1, 0.15) is 6.10 Å². The molecule has 0 bridgehead atoms. The van der Waals surface area contributed by atoms with Gasteiger partial charge in [-0.2, -0.15) is 0 Å². The minimum absolute atomic E-state index is 0.276. The van der Waals surface area contributed by atoms with E-state index in [4.69, 9.17) is 22.4 Å². The van der Waals surface area contributed by atoms with Crippen molar-refractivity contribution in [2.45, 2.75) is 12.5 Å². The summed E-state index contributed by atoms with van der Waals surface area (Å²) in [7, 11) is 0. The Bertz CT molecular complexity index is 336. The number of rotatable bonds is 4. The molecular weight excluding hydrogens is 226 g/mol. The van der Waals surface area contributed by atoms with E-state index >= 15 is 0 Å². The number of nitrogen functional groups attached to an aromatic ring is 1. The number of anilines is 2. The first-order valence-corrected chi connectivity index (χ1v) is 4.63. The SMILES string of the molecule is Nc1ccc(Cl)cc1NCC(O)C(F)F. The molecule has 4 N–H and O–H groups in total. The highest BCUT2D eigenvalue weighted by atomic mass is 35.5. The van der Waals surface area contributed by atoms with Crippen molar-refractivity contribution in [3.05, 3.63) is 23.2 Å². The van der Waals surface area contributed by atoms with Gasteiger partial charge in [0, 0.05) is 11.6 Å². The lowest BCUT2D eigenvalue weighted by molar-refractivity contribution is 0.00385. The first-order valence-electron chi connectivity index (χ1n) is 4.26. The number of halogens is 3. The summed E-state index contributed by atoms with van der Waals surface area (Å²) < 4.78 is 23.9. The van der Waals surface area contributed by atoms with Crippen molar-refractivity contribution in [1.29, 1.82) is 0 Å². The molecule has 6 heteroatoms. The number of nitrogens with one attached hydrogen (secondary N) is 1. The topological polar surface area (TPSA) is 58.3 Å². The molecule has 0 saturated carbocycles. The largest absolute Gasteiger partial charge is 0.397 e. The standard InChI is InChI=1S/C9H11ClF2N2O/c10-5-1-2-6(13)7(3-5)14-4-8(15)9(11)12/h1-3,8-9,14-15H,4,13H2. The molecule has 0 radical (unpaired) electrons. The van der Waals surface area contributed by atoms with Crippen LogP contribution in [0.2, 0.25) is 5.02 Å². The van der Waals surface area contributed by atoms with Crippen molar-refractivity contribution >= 4 is 23.0 Å². The Labute approximate surface area is 90.8 Å². The molecule has 1 rings (SSSR count). The van der Waals surface area contributed by atoms with Gasteiger partial charge in [-0.05, 0) is 18.2 Å². The van der Waals surface area contributed by atoms with E-state index in [1.54, 1.807) is 12.1 Å². The van der Waals surface area contributed by atoms with Gasteiger partial charge in [-0.1, -0.05) is 11.6 Å². The van der Waals surface area contributed by atoms with Crippen molar-refractivity contribution in [3.8, 4) is 0 Å². The van der Waals surface area contributed by atoms with E-state index in [0.717, 1.165) is 0 Å². The smallest absolute Gasteiger partial charge is 0.265 e. The zero-order valence-corrected chi connectivity index (χ0v) is 8.51. The summed E-state index contributed by atoms with van der Waals surface area (Å²) in [5.74, 6) is 0. The van der Waals surface area contributed by atoms with Crippen LogP contribution in [0.1, 0.15) is 0 Å². The maximum Gasteiger partial charge on any atom is 0.265 e.